The van der Waals surface area contributed by atoms with Crippen molar-refractivity contribution < 1.29 is 4.79 Å². The third-order valence-corrected chi connectivity index (χ3v) is 2.46. The van der Waals surface area contributed by atoms with Crippen molar-refractivity contribution in [1.82, 2.24) is 10.2 Å². The number of likely N-dealkylation sites (tertiary alicyclic amines) is 1. The minimum absolute atomic E-state index is 0. The Morgan fingerprint density at radius 2 is 2.17 bits per heavy atom. The molecule has 4 heteroatoms. The van der Waals surface area contributed by atoms with Gasteiger partial charge in [0.25, 0.3) is 0 Å². The van der Waals surface area contributed by atoms with Gasteiger partial charge in [-0.3, -0.25) is 4.79 Å². The number of carbonyl (C=O) groups excluding carboxylic acids is 1. The summed E-state index contributed by atoms with van der Waals surface area (Å²) < 4.78 is 0. The fourth-order valence-electron chi connectivity index (χ4n) is 1.55. The fraction of sp³-hybridized carbons (Fsp3) is 0.875. The van der Waals surface area contributed by atoms with Crippen LogP contribution in [-0.2, 0) is 4.79 Å². The third-order valence-electron chi connectivity index (χ3n) is 2.46. The average molecular weight is 193 g/mol. The molecule has 1 saturated heterocycles. The highest BCUT2D eigenvalue weighted by Crippen LogP contribution is 2.14. The van der Waals surface area contributed by atoms with Gasteiger partial charge in [0.2, 0.25) is 5.91 Å². The molecule has 1 aliphatic heterocycles. The number of halogens is 1. The maximum atomic E-state index is 10.7. The zero-order valence-corrected chi connectivity index (χ0v) is 8.65. The van der Waals surface area contributed by atoms with Crippen LogP contribution in [0.3, 0.4) is 0 Å². The van der Waals surface area contributed by atoms with Crippen LogP contribution in [0.4, 0.5) is 0 Å². The van der Waals surface area contributed by atoms with Crippen LogP contribution in [0.15, 0.2) is 0 Å². The normalized spacial score (nSPS) is 29.6. The highest BCUT2D eigenvalue weighted by Gasteiger charge is 2.27. The minimum atomic E-state index is 0. The van der Waals surface area contributed by atoms with Crippen molar-refractivity contribution in [3.8, 4) is 0 Å². The lowest BCUT2D eigenvalue weighted by Gasteiger charge is -2.20. The standard InChI is InChI=1S/C8H16N2O.ClH/c1-6-8(9-7(2)11)4-5-10(6)3;/h6,8H,4-5H2,1-3H3,(H,9,11);1H. The fourth-order valence-corrected chi connectivity index (χ4v) is 1.55. The van der Waals surface area contributed by atoms with E-state index in [0.717, 1.165) is 13.0 Å². The molecule has 0 aromatic heterocycles. The van der Waals surface area contributed by atoms with E-state index in [4.69, 9.17) is 0 Å². The molecule has 72 valence electrons. The van der Waals surface area contributed by atoms with Crippen LogP contribution in [0.2, 0.25) is 0 Å². The molecule has 2 atom stereocenters. The number of likely N-dealkylation sites (N-methyl/N-ethyl adjacent to an activating group) is 1. The van der Waals surface area contributed by atoms with Crippen LogP contribution >= 0.6 is 12.4 Å². The molecule has 1 N–H and O–H groups in total. The second-order valence-corrected chi connectivity index (χ2v) is 3.32. The van der Waals surface area contributed by atoms with E-state index < -0.39 is 0 Å². The number of amides is 1. The van der Waals surface area contributed by atoms with Crippen LogP contribution in [-0.4, -0.2) is 36.5 Å². The molecule has 1 fully saturated rings. The molecule has 1 aliphatic rings. The maximum absolute atomic E-state index is 10.7. The molecule has 0 bridgehead atoms. The van der Waals surface area contributed by atoms with Gasteiger partial charge in [-0.05, 0) is 20.4 Å². The number of nitrogens with zero attached hydrogens (tertiary/aromatic N) is 1. The van der Waals surface area contributed by atoms with E-state index >= 15 is 0 Å². The molecule has 0 aromatic rings. The zero-order valence-electron chi connectivity index (χ0n) is 7.83. The van der Waals surface area contributed by atoms with Crippen molar-refractivity contribution >= 4 is 18.3 Å². The summed E-state index contributed by atoms with van der Waals surface area (Å²) in [6, 6.07) is 0.844. The predicted molar refractivity (Wildman–Crippen MR) is 51.6 cm³/mol. The molecular weight excluding hydrogens is 176 g/mol. The Balaban J connectivity index is 0.00000121. The van der Waals surface area contributed by atoms with E-state index in [9.17, 15) is 4.79 Å². The molecule has 0 spiro atoms. The lowest BCUT2D eigenvalue weighted by Crippen LogP contribution is -2.41. The first kappa shape index (κ1) is 11.7. The highest BCUT2D eigenvalue weighted by molar-refractivity contribution is 5.85. The van der Waals surface area contributed by atoms with E-state index in [1.165, 1.54) is 0 Å². The van der Waals surface area contributed by atoms with Crippen molar-refractivity contribution in [1.29, 1.82) is 0 Å². The van der Waals surface area contributed by atoms with Gasteiger partial charge < -0.3 is 10.2 Å². The van der Waals surface area contributed by atoms with Crippen LogP contribution in [0.1, 0.15) is 20.3 Å². The van der Waals surface area contributed by atoms with Crippen LogP contribution < -0.4 is 5.32 Å². The zero-order chi connectivity index (χ0) is 8.43. The molecule has 1 heterocycles. The van der Waals surface area contributed by atoms with E-state index in [1.54, 1.807) is 6.92 Å². The quantitative estimate of drug-likeness (QED) is 0.662. The van der Waals surface area contributed by atoms with Gasteiger partial charge in [-0.25, -0.2) is 0 Å². The van der Waals surface area contributed by atoms with Gasteiger partial charge in [-0.15, -0.1) is 12.4 Å². The first-order valence-electron chi connectivity index (χ1n) is 4.08. The van der Waals surface area contributed by atoms with E-state index in [2.05, 4.69) is 24.2 Å². The number of hydrogen-bond donors (Lipinski definition) is 1. The molecule has 1 rings (SSSR count). The second-order valence-electron chi connectivity index (χ2n) is 3.32. The van der Waals surface area contributed by atoms with Crippen molar-refractivity contribution in [2.24, 2.45) is 0 Å². The van der Waals surface area contributed by atoms with Crippen molar-refractivity contribution in [2.45, 2.75) is 32.4 Å². The van der Waals surface area contributed by atoms with Gasteiger partial charge in [0.1, 0.15) is 0 Å². The van der Waals surface area contributed by atoms with Crippen LogP contribution in [0.5, 0.6) is 0 Å². The van der Waals surface area contributed by atoms with Crippen molar-refractivity contribution in [3.05, 3.63) is 0 Å². The summed E-state index contributed by atoms with van der Waals surface area (Å²) in [5.74, 6) is 0.0807. The summed E-state index contributed by atoms with van der Waals surface area (Å²) in [4.78, 5) is 13.0. The molecule has 0 saturated carbocycles. The number of nitrogens with one attached hydrogen (secondary N) is 1. The Labute approximate surface area is 79.9 Å². The predicted octanol–water partition coefficient (Wildman–Crippen LogP) is 0.637. The van der Waals surface area contributed by atoms with Crippen LogP contribution in [0, 0.1) is 0 Å². The van der Waals surface area contributed by atoms with Gasteiger partial charge in [0.05, 0.1) is 0 Å². The molecule has 2 unspecified atom stereocenters. The van der Waals surface area contributed by atoms with Gasteiger partial charge in [-0.1, -0.05) is 0 Å². The van der Waals surface area contributed by atoms with Gasteiger partial charge in [0, 0.05) is 25.6 Å². The Morgan fingerprint density at radius 1 is 1.58 bits per heavy atom. The minimum Gasteiger partial charge on any atom is -0.352 e. The number of carbonyl (C=O) groups is 1. The summed E-state index contributed by atoms with van der Waals surface area (Å²) in [5.41, 5.74) is 0. The monoisotopic (exact) mass is 192 g/mol. The van der Waals surface area contributed by atoms with Crippen LogP contribution in [0.25, 0.3) is 0 Å². The Hall–Kier alpha value is -0.280. The molecule has 0 radical (unpaired) electrons. The number of rotatable bonds is 1. The van der Waals surface area contributed by atoms with E-state index in [0.29, 0.717) is 12.1 Å². The topological polar surface area (TPSA) is 32.3 Å². The lowest BCUT2D eigenvalue weighted by molar-refractivity contribution is -0.119. The van der Waals surface area contributed by atoms with Crippen molar-refractivity contribution in [2.75, 3.05) is 13.6 Å². The summed E-state index contributed by atoms with van der Waals surface area (Å²) in [6.45, 7) is 4.81. The van der Waals surface area contributed by atoms with Gasteiger partial charge >= 0.3 is 0 Å². The molecule has 3 nitrogen and oxygen atoms in total. The van der Waals surface area contributed by atoms with Crippen molar-refractivity contribution in [3.63, 3.8) is 0 Å². The summed E-state index contributed by atoms with van der Waals surface area (Å²) in [6.07, 6.45) is 1.08. The van der Waals surface area contributed by atoms with Gasteiger partial charge in [0.15, 0.2) is 0 Å². The molecule has 1 amide bonds. The molecule has 0 aliphatic carbocycles. The average Bonchev–Trinajstić information content (AvgIpc) is 2.18. The molecular formula is C8H17ClN2O. The van der Waals surface area contributed by atoms with E-state index in [-0.39, 0.29) is 18.3 Å². The SMILES string of the molecule is CC(=O)NC1CCN(C)C1C.Cl. The Kier molecular flexibility index (Phi) is 4.57. The highest BCUT2D eigenvalue weighted by atomic mass is 35.5. The Bertz CT molecular complexity index is 163. The van der Waals surface area contributed by atoms with Gasteiger partial charge in [-0.2, -0.15) is 0 Å². The molecule has 0 aromatic carbocycles. The van der Waals surface area contributed by atoms with E-state index in [1.807, 2.05) is 0 Å². The largest absolute Gasteiger partial charge is 0.352 e. The first-order chi connectivity index (χ1) is 5.11. The smallest absolute Gasteiger partial charge is 0.217 e. The summed E-state index contributed by atoms with van der Waals surface area (Å²) in [5, 5.41) is 2.94. The summed E-state index contributed by atoms with van der Waals surface area (Å²) in [7, 11) is 2.09. The lowest BCUT2D eigenvalue weighted by atomic mass is 10.1. The molecule has 12 heavy (non-hydrogen) atoms. The summed E-state index contributed by atoms with van der Waals surface area (Å²) >= 11 is 0. The third kappa shape index (κ3) is 2.64. The maximum Gasteiger partial charge on any atom is 0.217 e. The Morgan fingerprint density at radius 3 is 2.50 bits per heavy atom. The first-order valence-corrected chi connectivity index (χ1v) is 4.08. The number of hydrogen-bond acceptors (Lipinski definition) is 2. The second kappa shape index (κ2) is 4.67.